The van der Waals surface area contributed by atoms with Crippen molar-refractivity contribution < 1.29 is 10.2 Å². The van der Waals surface area contributed by atoms with Gasteiger partial charge in [-0.15, -0.1) is 0 Å². The van der Waals surface area contributed by atoms with Gasteiger partial charge >= 0.3 is 0 Å². The number of piperidine rings is 1. The average Bonchev–Trinajstić information content (AvgIpc) is 2.39. The molecular weight excluding hydrogens is 240 g/mol. The van der Waals surface area contributed by atoms with E-state index in [1.165, 1.54) is 38.4 Å². The van der Waals surface area contributed by atoms with Crippen molar-refractivity contribution in [2.24, 2.45) is 5.92 Å². The number of hydrogen-bond donors (Lipinski definition) is 3. The molecule has 1 aliphatic rings. The molecule has 1 heterocycles. The van der Waals surface area contributed by atoms with Crippen LogP contribution in [0.3, 0.4) is 0 Å². The van der Waals surface area contributed by atoms with Crippen molar-refractivity contribution in [3.05, 3.63) is 23.8 Å². The Morgan fingerprint density at radius 3 is 2.68 bits per heavy atom. The molecule has 4 heteroatoms. The van der Waals surface area contributed by atoms with Gasteiger partial charge in [-0.1, -0.05) is 6.07 Å². The fourth-order valence-electron chi connectivity index (χ4n) is 2.58. The minimum absolute atomic E-state index is 0.104. The highest BCUT2D eigenvalue weighted by Gasteiger charge is 2.15. The van der Waals surface area contributed by atoms with Crippen molar-refractivity contribution in [1.82, 2.24) is 10.2 Å². The molecule has 0 aliphatic carbocycles. The summed E-state index contributed by atoms with van der Waals surface area (Å²) < 4.78 is 0. The van der Waals surface area contributed by atoms with Crippen LogP contribution in [-0.4, -0.2) is 41.8 Å². The van der Waals surface area contributed by atoms with Crippen molar-refractivity contribution >= 4 is 0 Å². The Bertz CT molecular complexity index is 401. The number of phenolic OH excluding ortho intramolecular Hbond substituents is 2. The zero-order chi connectivity index (χ0) is 13.7. The minimum Gasteiger partial charge on any atom is -0.508 e. The second-order valence-corrected chi connectivity index (χ2v) is 5.53. The Morgan fingerprint density at radius 1 is 1.26 bits per heavy atom. The van der Waals surface area contributed by atoms with Gasteiger partial charge in [0.1, 0.15) is 11.5 Å². The summed E-state index contributed by atoms with van der Waals surface area (Å²) in [6, 6.07) is 4.74. The molecule has 0 atom stereocenters. The molecule has 1 aromatic carbocycles. The topological polar surface area (TPSA) is 55.7 Å². The molecule has 2 rings (SSSR count). The van der Waals surface area contributed by atoms with E-state index in [9.17, 15) is 10.2 Å². The number of hydrogen-bond acceptors (Lipinski definition) is 4. The predicted molar refractivity (Wildman–Crippen MR) is 76.3 cm³/mol. The second kappa shape index (κ2) is 6.78. The average molecular weight is 264 g/mol. The highest BCUT2D eigenvalue weighted by molar-refractivity contribution is 5.38. The largest absolute Gasteiger partial charge is 0.508 e. The third-order valence-corrected chi connectivity index (χ3v) is 3.95. The molecule has 0 spiro atoms. The lowest BCUT2D eigenvalue weighted by atomic mass is 9.94. The second-order valence-electron chi connectivity index (χ2n) is 5.53. The predicted octanol–water partition coefficient (Wildman–Crippen LogP) is 1.92. The molecule has 0 aromatic heterocycles. The zero-order valence-electron chi connectivity index (χ0n) is 11.6. The molecule has 4 nitrogen and oxygen atoms in total. The van der Waals surface area contributed by atoms with Crippen molar-refractivity contribution in [3.8, 4) is 11.5 Å². The first-order valence-corrected chi connectivity index (χ1v) is 7.05. The first-order chi connectivity index (χ1) is 9.15. The lowest BCUT2D eigenvalue weighted by molar-refractivity contribution is 0.211. The van der Waals surface area contributed by atoms with Crippen LogP contribution in [0.25, 0.3) is 0 Å². The number of nitrogens with zero attached hydrogens (tertiary/aromatic N) is 1. The number of phenols is 2. The van der Waals surface area contributed by atoms with Crippen LogP contribution >= 0.6 is 0 Å². The normalized spacial score (nSPS) is 17.7. The number of benzene rings is 1. The molecule has 0 radical (unpaired) electrons. The third-order valence-electron chi connectivity index (χ3n) is 3.95. The maximum Gasteiger partial charge on any atom is 0.123 e. The van der Waals surface area contributed by atoms with Gasteiger partial charge in [-0.05, 0) is 57.9 Å². The van der Waals surface area contributed by atoms with E-state index in [1.807, 2.05) is 0 Å². The van der Waals surface area contributed by atoms with E-state index in [2.05, 4.69) is 17.3 Å². The smallest absolute Gasteiger partial charge is 0.123 e. The summed E-state index contributed by atoms with van der Waals surface area (Å²) in [4.78, 5) is 2.39. The van der Waals surface area contributed by atoms with Gasteiger partial charge in [0.25, 0.3) is 0 Å². The molecule has 0 saturated carbocycles. The maximum atomic E-state index is 9.66. The van der Waals surface area contributed by atoms with Crippen LogP contribution in [0.4, 0.5) is 0 Å². The highest BCUT2D eigenvalue weighted by atomic mass is 16.3. The van der Waals surface area contributed by atoms with Crippen molar-refractivity contribution in [2.45, 2.75) is 25.8 Å². The Balaban J connectivity index is 1.66. The molecule has 0 amide bonds. The molecular formula is C15H24N2O2. The molecule has 3 N–H and O–H groups in total. The van der Waals surface area contributed by atoms with Crippen molar-refractivity contribution in [1.29, 1.82) is 0 Å². The number of likely N-dealkylation sites (tertiary alicyclic amines) is 1. The van der Waals surface area contributed by atoms with E-state index in [1.54, 1.807) is 12.1 Å². The minimum atomic E-state index is 0.104. The first-order valence-electron chi connectivity index (χ1n) is 7.05. The number of rotatable bonds is 5. The molecule has 1 aliphatic heterocycles. The Labute approximate surface area is 115 Å². The van der Waals surface area contributed by atoms with E-state index in [0.29, 0.717) is 6.54 Å². The van der Waals surface area contributed by atoms with Gasteiger partial charge in [0.15, 0.2) is 0 Å². The Hall–Kier alpha value is -1.26. The van der Waals surface area contributed by atoms with E-state index in [4.69, 9.17) is 0 Å². The quantitative estimate of drug-likeness (QED) is 0.711. The summed E-state index contributed by atoms with van der Waals surface area (Å²) in [6.45, 7) is 4.06. The Kier molecular flexibility index (Phi) is 5.05. The molecule has 1 saturated heterocycles. The monoisotopic (exact) mass is 264 g/mol. The van der Waals surface area contributed by atoms with Gasteiger partial charge in [-0.3, -0.25) is 0 Å². The lowest BCUT2D eigenvalue weighted by Crippen LogP contribution is -2.31. The van der Waals surface area contributed by atoms with E-state index in [-0.39, 0.29) is 11.5 Å². The van der Waals surface area contributed by atoms with Crippen LogP contribution in [0.2, 0.25) is 0 Å². The summed E-state index contributed by atoms with van der Waals surface area (Å²) in [5.41, 5.74) is 0.834. The van der Waals surface area contributed by atoms with Gasteiger partial charge in [-0.2, -0.15) is 0 Å². The summed E-state index contributed by atoms with van der Waals surface area (Å²) >= 11 is 0. The van der Waals surface area contributed by atoms with Crippen LogP contribution in [0.5, 0.6) is 11.5 Å². The van der Waals surface area contributed by atoms with E-state index >= 15 is 0 Å². The highest BCUT2D eigenvalue weighted by Crippen LogP contribution is 2.22. The molecule has 1 fully saturated rings. The zero-order valence-corrected chi connectivity index (χ0v) is 11.6. The fourth-order valence-corrected chi connectivity index (χ4v) is 2.58. The summed E-state index contributed by atoms with van der Waals surface area (Å²) in [5, 5.41) is 22.2. The van der Waals surface area contributed by atoms with Gasteiger partial charge in [0.05, 0.1) is 0 Å². The van der Waals surface area contributed by atoms with Crippen LogP contribution < -0.4 is 5.32 Å². The van der Waals surface area contributed by atoms with Crippen molar-refractivity contribution in [3.63, 3.8) is 0 Å². The Morgan fingerprint density at radius 2 is 2.00 bits per heavy atom. The van der Waals surface area contributed by atoms with Crippen LogP contribution in [0.15, 0.2) is 18.2 Å². The fraction of sp³-hybridized carbons (Fsp3) is 0.600. The van der Waals surface area contributed by atoms with Gasteiger partial charge in [0, 0.05) is 18.2 Å². The third kappa shape index (κ3) is 4.40. The number of nitrogens with one attached hydrogen (secondary N) is 1. The summed E-state index contributed by atoms with van der Waals surface area (Å²) in [7, 11) is 2.18. The molecule has 0 bridgehead atoms. The molecule has 19 heavy (non-hydrogen) atoms. The van der Waals surface area contributed by atoms with Crippen LogP contribution in [0, 0.1) is 5.92 Å². The van der Waals surface area contributed by atoms with E-state index < -0.39 is 0 Å². The van der Waals surface area contributed by atoms with Crippen LogP contribution in [0.1, 0.15) is 24.8 Å². The van der Waals surface area contributed by atoms with Crippen LogP contribution in [-0.2, 0) is 6.54 Å². The molecule has 0 unspecified atom stereocenters. The summed E-state index contributed by atoms with van der Waals surface area (Å²) in [6.07, 6.45) is 3.79. The maximum absolute atomic E-state index is 9.66. The van der Waals surface area contributed by atoms with Gasteiger partial charge in [0.2, 0.25) is 0 Å². The first kappa shape index (κ1) is 14.2. The van der Waals surface area contributed by atoms with Gasteiger partial charge < -0.3 is 20.4 Å². The van der Waals surface area contributed by atoms with Crippen molar-refractivity contribution in [2.75, 3.05) is 26.7 Å². The molecule has 1 aromatic rings. The number of aromatic hydroxyl groups is 2. The van der Waals surface area contributed by atoms with E-state index in [0.717, 1.165) is 18.0 Å². The standard InChI is InChI=1S/C15H24N2O2/c1-17-8-5-12(6-9-17)4-7-16-11-13-2-3-14(18)10-15(13)19/h2-3,10,12,16,18-19H,4-9,11H2,1H3. The SMILES string of the molecule is CN1CCC(CCNCc2ccc(O)cc2O)CC1. The lowest BCUT2D eigenvalue weighted by Gasteiger charge is -2.28. The summed E-state index contributed by atoms with van der Waals surface area (Å²) in [5.74, 6) is 1.09. The molecule has 106 valence electrons. The van der Waals surface area contributed by atoms with Gasteiger partial charge in [-0.25, -0.2) is 0 Å².